The van der Waals surface area contributed by atoms with Crippen LogP contribution in [0.4, 0.5) is 5.69 Å². The van der Waals surface area contributed by atoms with Gasteiger partial charge >= 0.3 is 0 Å². The van der Waals surface area contributed by atoms with E-state index in [0.717, 1.165) is 19.3 Å². The van der Waals surface area contributed by atoms with E-state index in [9.17, 15) is 9.59 Å². The van der Waals surface area contributed by atoms with Crippen molar-refractivity contribution in [2.24, 2.45) is 23.2 Å². The van der Waals surface area contributed by atoms with Crippen molar-refractivity contribution in [3.05, 3.63) is 64.7 Å². The molecule has 0 spiro atoms. The van der Waals surface area contributed by atoms with Crippen molar-refractivity contribution in [2.75, 3.05) is 5.32 Å². The molecule has 4 fully saturated rings. The number of hydrogen-bond acceptors (Lipinski definition) is 2. The highest BCUT2D eigenvalue weighted by molar-refractivity contribution is 6.31. The monoisotopic (exact) mass is 393 g/mol. The normalized spacial score (nSPS) is 30.2. The number of carbonyl (C=O) groups excluding carboxylic acids is 2. The van der Waals surface area contributed by atoms with E-state index in [0.29, 0.717) is 39.6 Å². The standard InChI is InChI=1S/C24H24ClNO2/c25-19-6-7-21(20(11-19)22(27)18-4-2-1-3-5-18)26-23(28)24-12-15-8-16(13-24)10-17(9-15)14-24/h1-7,11,15-17H,8-10,12-14H2,(H,26,28). The van der Waals surface area contributed by atoms with Gasteiger partial charge in [0.25, 0.3) is 0 Å². The molecule has 3 nitrogen and oxygen atoms in total. The van der Waals surface area contributed by atoms with Crippen LogP contribution in [0.1, 0.15) is 54.4 Å². The summed E-state index contributed by atoms with van der Waals surface area (Å²) in [4.78, 5) is 26.4. The number of anilines is 1. The molecule has 2 aromatic carbocycles. The average Bonchev–Trinajstić information content (AvgIpc) is 2.68. The molecule has 1 amide bonds. The lowest BCUT2D eigenvalue weighted by Crippen LogP contribution is -2.51. The zero-order chi connectivity index (χ0) is 19.3. The maximum Gasteiger partial charge on any atom is 0.230 e. The van der Waals surface area contributed by atoms with Crippen LogP contribution in [-0.2, 0) is 4.79 Å². The van der Waals surface area contributed by atoms with Crippen molar-refractivity contribution in [2.45, 2.75) is 38.5 Å². The molecule has 4 aliphatic carbocycles. The van der Waals surface area contributed by atoms with Gasteiger partial charge in [-0.15, -0.1) is 0 Å². The highest BCUT2D eigenvalue weighted by atomic mass is 35.5. The fourth-order valence-corrected chi connectivity index (χ4v) is 6.37. The van der Waals surface area contributed by atoms with Crippen LogP contribution < -0.4 is 5.32 Å². The zero-order valence-corrected chi connectivity index (χ0v) is 16.5. The van der Waals surface area contributed by atoms with Gasteiger partial charge in [-0.1, -0.05) is 41.9 Å². The molecule has 144 valence electrons. The fourth-order valence-electron chi connectivity index (χ4n) is 6.20. The Morgan fingerprint density at radius 2 is 1.50 bits per heavy atom. The van der Waals surface area contributed by atoms with E-state index in [4.69, 9.17) is 11.6 Å². The Morgan fingerprint density at radius 3 is 2.11 bits per heavy atom. The SMILES string of the molecule is O=C(c1ccccc1)c1cc(Cl)ccc1NC(=O)C12CC3CC(CC(C3)C1)C2. The first-order chi connectivity index (χ1) is 13.5. The van der Waals surface area contributed by atoms with Gasteiger partial charge in [-0.3, -0.25) is 9.59 Å². The summed E-state index contributed by atoms with van der Waals surface area (Å²) >= 11 is 6.18. The maximum atomic E-state index is 13.4. The second kappa shape index (κ2) is 6.73. The molecule has 0 heterocycles. The number of hydrogen-bond donors (Lipinski definition) is 1. The Balaban J connectivity index is 1.44. The summed E-state index contributed by atoms with van der Waals surface area (Å²) in [6, 6.07) is 14.3. The van der Waals surface area contributed by atoms with Crippen LogP contribution in [0, 0.1) is 23.2 Å². The zero-order valence-electron chi connectivity index (χ0n) is 15.8. The predicted octanol–water partition coefficient (Wildman–Crippen LogP) is 5.73. The smallest absolute Gasteiger partial charge is 0.230 e. The molecular formula is C24H24ClNO2. The van der Waals surface area contributed by atoms with Crippen molar-refractivity contribution in [1.29, 1.82) is 0 Å². The lowest BCUT2D eigenvalue weighted by molar-refractivity contribution is -0.140. The van der Waals surface area contributed by atoms with Crippen molar-refractivity contribution >= 4 is 29.0 Å². The van der Waals surface area contributed by atoms with Crippen LogP contribution in [-0.4, -0.2) is 11.7 Å². The van der Waals surface area contributed by atoms with Gasteiger partial charge < -0.3 is 5.32 Å². The minimum Gasteiger partial charge on any atom is -0.325 e. The minimum absolute atomic E-state index is 0.0936. The summed E-state index contributed by atoms with van der Waals surface area (Å²) in [7, 11) is 0. The highest BCUT2D eigenvalue weighted by Crippen LogP contribution is 2.60. The van der Waals surface area contributed by atoms with Crippen LogP contribution >= 0.6 is 11.6 Å². The lowest BCUT2D eigenvalue weighted by Gasteiger charge is -2.55. The van der Waals surface area contributed by atoms with Crippen LogP contribution in [0.5, 0.6) is 0 Å². The van der Waals surface area contributed by atoms with E-state index in [-0.39, 0.29) is 17.1 Å². The molecular weight excluding hydrogens is 370 g/mol. The Labute approximate surface area is 170 Å². The highest BCUT2D eigenvalue weighted by Gasteiger charge is 2.54. The van der Waals surface area contributed by atoms with Gasteiger partial charge in [0, 0.05) is 16.1 Å². The van der Waals surface area contributed by atoms with Crippen molar-refractivity contribution in [3.63, 3.8) is 0 Å². The first-order valence-electron chi connectivity index (χ1n) is 10.2. The van der Waals surface area contributed by atoms with E-state index < -0.39 is 0 Å². The molecule has 6 rings (SSSR count). The average molecular weight is 394 g/mol. The predicted molar refractivity (Wildman–Crippen MR) is 111 cm³/mol. The van der Waals surface area contributed by atoms with Gasteiger partial charge in [0.1, 0.15) is 0 Å². The summed E-state index contributed by atoms with van der Waals surface area (Å²) in [6.45, 7) is 0. The number of ketones is 1. The second-order valence-corrected chi connectivity index (χ2v) is 9.47. The third kappa shape index (κ3) is 3.06. The van der Waals surface area contributed by atoms with Gasteiger partial charge in [0.15, 0.2) is 5.78 Å². The van der Waals surface area contributed by atoms with Crippen molar-refractivity contribution in [3.8, 4) is 0 Å². The number of halogens is 1. The van der Waals surface area contributed by atoms with Gasteiger partial charge in [-0.25, -0.2) is 0 Å². The molecule has 28 heavy (non-hydrogen) atoms. The van der Waals surface area contributed by atoms with E-state index in [1.165, 1.54) is 19.3 Å². The van der Waals surface area contributed by atoms with Crippen molar-refractivity contribution in [1.82, 2.24) is 0 Å². The minimum atomic E-state index is -0.249. The molecule has 0 aliphatic heterocycles. The molecule has 4 aliphatic rings. The van der Waals surface area contributed by atoms with Gasteiger partial charge in [-0.2, -0.15) is 0 Å². The molecule has 4 saturated carbocycles. The largest absolute Gasteiger partial charge is 0.325 e. The van der Waals surface area contributed by atoms with Crippen LogP contribution in [0.15, 0.2) is 48.5 Å². The molecule has 0 atom stereocenters. The molecule has 4 heteroatoms. The topological polar surface area (TPSA) is 46.2 Å². The summed E-state index contributed by atoms with van der Waals surface area (Å²) in [5, 5.41) is 3.62. The molecule has 1 N–H and O–H groups in total. The van der Waals surface area contributed by atoms with Gasteiger partial charge in [-0.05, 0) is 74.5 Å². The Hall–Kier alpha value is -2.13. The number of rotatable bonds is 4. The molecule has 0 radical (unpaired) electrons. The van der Waals surface area contributed by atoms with Crippen LogP contribution in [0.25, 0.3) is 0 Å². The molecule has 2 aromatic rings. The van der Waals surface area contributed by atoms with E-state index >= 15 is 0 Å². The number of amides is 1. The van der Waals surface area contributed by atoms with E-state index in [1.807, 2.05) is 18.2 Å². The Morgan fingerprint density at radius 1 is 0.893 bits per heavy atom. The number of benzene rings is 2. The molecule has 0 aromatic heterocycles. The summed E-state index contributed by atoms with van der Waals surface area (Å²) < 4.78 is 0. The first kappa shape index (κ1) is 17.9. The Kier molecular flexibility index (Phi) is 4.31. The third-order valence-electron chi connectivity index (χ3n) is 7.03. The van der Waals surface area contributed by atoms with E-state index in [1.54, 1.807) is 30.3 Å². The van der Waals surface area contributed by atoms with Crippen LogP contribution in [0.3, 0.4) is 0 Å². The second-order valence-electron chi connectivity index (χ2n) is 9.04. The maximum absolute atomic E-state index is 13.4. The van der Waals surface area contributed by atoms with Gasteiger partial charge in [0.05, 0.1) is 11.1 Å². The van der Waals surface area contributed by atoms with Crippen molar-refractivity contribution < 1.29 is 9.59 Å². The molecule has 0 saturated heterocycles. The fraction of sp³-hybridized carbons (Fsp3) is 0.417. The third-order valence-corrected chi connectivity index (χ3v) is 7.27. The Bertz CT molecular complexity index is 902. The number of carbonyl (C=O) groups is 2. The molecule has 4 bridgehead atoms. The van der Waals surface area contributed by atoms with Gasteiger partial charge in [0.2, 0.25) is 5.91 Å². The number of nitrogens with one attached hydrogen (secondary N) is 1. The first-order valence-corrected chi connectivity index (χ1v) is 10.6. The molecule has 0 unspecified atom stereocenters. The quantitative estimate of drug-likeness (QED) is 0.674. The summed E-state index contributed by atoms with van der Waals surface area (Å²) in [5.74, 6) is 2.08. The van der Waals surface area contributed by atoms with Crippen LogP contribution in [0.2, 0.25) is 5.02 Å². The summed E-state index contributed by atoms with van der Waals surface area (Å²) in [5.41, 5.74) is 1.37. The van der Waals surface area contributed by atoms with E-state index in [2.05, 4.69) is 5.32 Å². The lowest BCUT2D eigenvalue weighted by atomic mass is 9.49. The summed E-state index contributed by atoms with van der Waals surface area (Å²) in [6.07, 6.45) is 6.89.